The average molecular weight is 342 g/mol. The lowest BCUT2D eigenvalue weighted by Crippen LogP contribution is -2.33. The van der Waals surface area contributed by atoms with Gasteiger partial charge in [-0.25, -0.2) is 8.78 Å². The number of hydrogen-bond acceptors (Lipinski definition) is 3. The van der Waals surface area contributed by atoms with Crippen LogP contribution in [0.3, 0.4) is 0 Å². The van der Waals surface area contributed by atoms with Crippen LogP contribution >= 0.6 is 0 Å². The second kappa shape index (κ2) is 6.35. The largest absolute Gasteiger partial charge is 0.435 e. The summed E-state index contributed by atoms with van der Waals surface area (Å²) < 4.78 is 72.5. The van der Waals surface area contributed by atoms with Crippen molar-refractivity contribution in [3.8, 4) is 0 Å². The first kappa shape index (κ1) is 18.1. The Morgan fingerprint density at radius 1 is 1.43 bits per heavy atom. The van der Waals surface area contributed by atoms with Crippen LogP contribution in [0.5, 0.6) is 0 Å². The van der Waals surface area contributed by atoms with E-state index in [1.165, 1.54) is 7.11 Å². The molecule has 1 aromatic heterocycles. The number of rotatable bonds is 5. The molecule has 132 valence electrons. The molecule has 0 aliphatic heterocycles. The lowest BCUT2D eigenvalue weighted by Gasteiger charge is -2.28. The Morgan fingerprint density at radius 3 is 2.65 bits per heavy atom. The van der Waals surface area contributed by atoms with Gasteiger partial charge in [0.1, 0.15) is 6.10 Å². The van der Waals surface area contributed by atoms with E-state index in [0.29, 0.717) is 13.0 Å². The zero-order chi connectivity index (χ0) is 17.4. The first-order chi connectivity index (χ1) is 10.6. The fourth-order valence-corrected chi connectivity index (χ4v) is 2.80. The molecule has 9 heteroatoms. The van der Waals surface area contributed by atoms with Gasteiger partial charge >= 0.3 is 6.18 Å². The van der Waals surface area contributed by atoms with E-state index in [1.807, 2.05) is 6.92 Å². The molecule has 0 fully saturated rings. The Kier molecular flexibility index (Phi) is 5.00. The van der Waals surface area contributed by atoms with Crippen molar-refractivity contribution >= 4 is 0 Å². The van der Waals surface area contributed by atoms with Crippen LogP contribution in [0.15, 0.2) is 0 Å². The van der Waals surface area contributed by atoms with E-state index in [9.17, 15) is 27.1 Å². The topological polar surface area (TPSA) is 47.3 Å². The first-order valence-corrected chi connectivity index (χ1v) is 7.29. The van der Waals surface area contributed by atoms with Gasteiger partial charge in [-0.2, -0.15) is 18.3 Å². The van der Waals surface area contributed by atoms with Gasteiger partial charge in [0.2, 0.25) is 0 Å². The molecular weight excluding hydrogens is 323 g/mol. The van der Waals surface area contributed by atoms with Crippen LogP contribution in [-0.2, 0) is 23.9 Å². The highest BCUT2D eigenvalue weighted by Gasteiger charge is 2.51. The molecular formula is C14H19F5N2O2. The summed E-state index contributed by atoms with van der Waals surface area (Å²) in [5.41, 5.74) is -2.16. The summed E-state index contributed by atoms with van der Waals surface area (Å²) in [6, 6.07) is 0. The molecule has 2 atom stereocenters. The highest BCUT2D eigenvalue weighted by Crippen LogP contribution is 2.46. The SMILES string of the molecule is COCC(C)CCn1nc(C(F)(F)F)c2c1CCC(F)(F)[C@H]2O. The van der Waals surface area contributed by atoms with Crippen molar-refractivity contribution in [3.05, 3.63) is 17.0 Å². The maximum atomic E-state index is 13.6. The van der Waals surface area contributed by atoms with E-state index >= 15 is 0 Å². The molecule has 1 aliphatic carbocycles. The number of nitrogens with zero attached hydrogens (tertiary/aromatic N) is 2. The predicted molar refractivity (Wildman–Crippen MR) is 71.1 cm³/mol. The second-order valence-corrected chi connectivity index (χ2v) is 5.94. The van der Waals surface area contributed by atoms with E-state index in [1.54, 1.807) is 0 Å². The van der Waals surface area contributed by atoms with Crippen molar-refractivity contribution in [3.63, 3.8) is 0 Å². The number of aliphatic hydroxyl groups excluding tert-OH is 1. The maximum absolute atomic E-state index is 13.6. The third-order valence-corrected chi connectivity index (χ3v) is 4.02. The fraction of sp³-hybridized carbons (Fsp3) is 0.786. The van der Waals surface area contributed by atoms with E-state index in [0.717, 1.165) is 4.68 Å². The molecule has 0 amide bonds. The predicted octanol–water partition coefficient (Wildman–Crippen LogP) is 3.19. The number of aliphatic hydroxyl groups is 1. The molecule has 1 aliphatic rings. The van der Waals surface area contributed by atoms with Crippen LogP contribution in [0.1, 0.15) is 42.8 Å². The molecule has 23 heavy (non-hydrogen) atoms. The second-order valence-electron chi connectivity index (χ2n) is 5.94. The van der Waals surface area contributed by atoms with Crippen LogP contribution in [0.25, 0.3) is 0 Å². The Morgan fingerprint density at radius 2 is 2.09 bits per heavy atom. The number of methoxy groups -OCH3 is 1. The highest BCUT2D eigenvalue weighted by atomic mass is 19.4. The molecule has 0 aromatic carbocycles. The number of aromatic nitrogens is 2. The van der Waals surface area contributed by atoms with Crippen molar-refractivity contribution in [2.45, 2.75) is 50.9 Å². The number of ether oxygens (including phenoxy) is 1. The maximum Gasteiger partial charge on any atom is 0.435 e. The summed E-state index contributed by atoms with van der Waals surface area (Å²) in [5.74, 6) is -3.49. The van der Waals surface area contributed by atoms with Crippen molar-refractivity contribution in [2.24, 2.45) is 5.92 Å². The normalized spacial score (nSPS) is 22.0. The third kappa shape index (κ3) is 3.65. The van der Waals surface area contributed by atoms with Gasteiger partial charge in [-0.05, 0) is 18.8 Å². The summed E-state index contributed by atoms with van der Waals surface area (Å²) in [6.07, 6.45) is -7.82. The van der Waals surface area contributed by atoms with Crippen LogP contribution < -0.4 is 0 Å². The smallest absolute Gasteiger partial charge is 0.384 e. The number of alkyl halides is 5. The van der Waals surface area contributed by atoms with Crippen molar-refractivity contribution in [1.82, 2.24) is 9.78 Å². The van der Waals surface area contributed by atoms with Gasteiger partial charge in [0.25, 0.3) is 5.92 Å². The molecule has 1 heterocycles. The van der Waals surface area contributed by atoms with Gasteiger partial charge in [0, 0.05) is 37.9 Å². The zero-order valence-corrected chi connectivity index (χ0v) is 12.8. The molecule has 1 N–H and O–H groups in total. The van der Waals surface area contributed by atoms with Gasteiger partial charge in [-0.1, -0.05) is 6.92 Å². The number of halogens is 5. The van der Waals surface area contributed by atoms with Crippen LogP contribution in [0.2, 0.25) is 0 Å². The Labute approximate surface area is 130 Å². The fourth-order valence-electron chi connectivity index (χ4n) is 2.80. The Bertz CT molecular complexity index is 556. The molecule has 0 radical (unpaired) electrons. The third-order valence-electron chi connectivity index (χ3n) is 4.02. The Balaban J connectivity index is 2.36. The number of aryl methyl sites for hydroxylation is 1. The summed E-state index contributed by atoms with van der Waals surface area (Å²) in [5, 5.41) is 13.2. The van der Waals surface area contributed by atoms with Gasteiger partial charge < -0.3 is 9.84 Å². The van der Waals surface area contributed by atoms with Crippen molar-refractivity contribution < 1.29 is 31.8 Å². The van der Waals surface area contributed by atoms with Gasteiger partial charge in [-0.3, -0.25) is 4.68 Å². The monoisotopic (exact) mass is 342 g/mol. The number of fused-ring (bicyclic) bond motifs is 1. The summed E-state index contributed by atoms with van der Waals surface area (Å²) in [6.45, 7) is 2.46. The number of hydrogen-bond donors (Lipinski definition) is 1. The minimum atomic E-state index is -4.89. The molecule has 1 unspecified atom stereocenters. The van der Waals surface area contributed by atoms with Crippen LogP contribution in [-0.4, -0.2) is 34.5 Å². The van der Waals surface area contributed by atoms with Gasteiger partial charge in [0.05, 0.1) is 0 Å². The first-order valence-electron chi connectivity index (χ1n) is 7.29. The van der Waals surface area contributed by atoms with E-state index in [-0.39, 0.29) is 24.6 Å². The molecule has 2 rings (SSSR count). The molecule has 0 spiro atoms. The molecule has 4 nitrogen and oxygen atoms in total. The lowest BCUT2D eigenvalue weighted by atomic mass is 9.89. The van der Waals surface area contributed by atoms with Gasteiger partial charge in [-0.15, -0.1) is 0 Å². The van der Waals surface area contributed by atoms with Gasteiger partial charge in [0.15, 0.2) is 5.69 Å². The quantitative estimate of drug-likeness (QED) is 0.836. The summed E-state index contributed by atoms with van der Waals surface area (Å²) in [4.78, 5) is 0. The highest BCUT2D eigenvalue weighted by molar-refractivity contribution is 5.35. The van der Waals surface area contributed by atoms with Crippen LogP contribution in [0.4, 0.5) is 22.0 Å². The lowest BCUT2D eigenvalue weighted by molar-refractivity contribution is -0.150. The van der Waals surface area contributed by atoms with E-state index < -0.39 is 35.9 Å². The molecule has 0 saturated heterocycles. The Hall–Kier alpha value is -1.22. The summed E-state index contributed by atoms with van der Waals surface area (Å²) >= 11 is 0. The molecule has 0 saturated carbocycles. The average Bonchev–Trinajstić information content (AvgIpc) is 2.80. The minimum Gasteiger partial charge on any atom is -0.384 e. The van der Waals surface area contributed by atoms with Crippen LogP contribution in [0, 0.1) is 5.92 Å². The minimum absolute atomic E-state index is 0.0420. The van der Waals surface area contributed by atoms with Crippen molar-refractivity contribution in [1.29, 1.82) is 0 Å². The summed E-state index contributed by atoms with van der Waals surface area (Å²) in [7, 11) is 1.52. The van der Waals surface area contributed by atoms with Crippen molar-refractivity contribution in [2.75, 3.05) is 13.7 Å². The van der Waals surface area contributed by atoms with E-state index in [4.69, 9.17) is 4.74 Å². The van der Waals surface area contributed by atoms with E-state index in [2.05, 4.69) is 5.10 Å². The zero-order valence-electron chi connectivity index (χ0n) is 12.8. The molecule has 1 aromatic rings. The molecule has 0 bridgehead atoms. The standard InChI is InChI=1S/C14H19F5N2O2/c1-8(7-23-2)4-6-21-9-3-5-13(15,16)12(22)10(9)11(20-21)14(17,18)19/h8,12,22H,3-7H2,1-2H3/t8?,12-/m0/s1.